The number of hydrogen-bond donors (Lipinski definition) is 3. The van der Waals surface area contributed by atoms with E-state index in [0.717, 1.165) is 42.3 Å². The van der Waals surface area contributed by atoms with Gasteiger partial charge in [0.1, 0.15) is 12.4 Å². The Kier molecular flexibility index (Phi) is 13.7. The molecule has 0 saturated carbocycles. The molecule has 2 aromatic carbocycles. The third kappa shape index (κ3) is 10.5. The average Bonchev–Trinajstić information content (AvgIpc) is 3.74. The van der Waals surface area contributed by atoms with Gasteiger partial charge in [0.15, 0.2) is 5.82 Å². The van der Waals surface area contributed by atoms with E-state index < -0.39 is 21.9 Å². The molecule has 15 nitrogen and oxygen atoms in total. The van der Waals surface area contributed by atoms with Gasteiger partial charge in [-0.2, -0.15) is 0 Å². The second-order valence-electron chi connectivity index (χ2n) is 17.0. The third-order valence-corrected chi connectivity index (χ3v) is 15.4. The molecular formula is C45H54FN9O6S2. The minimum absolute atomic E-state index is 0.0451. The van der Waals surface area contributed by atoms with Crippen molar-refractivity contribution in [3.05, 3.63) is 71.9 Å². The number of thiazole rings is 1. The molecule has 1 atom stereocenters. The number of piperidine rings is 4. The predicted molar refractivity (Wildman–Crippen MR) is 240 cm³/mol. The van der Waals surface area contributed by atoms with Gasteiger partial charge in [0, 0.05) is 87.1 Å². The van der Waals surface area contributed by atoms with Gasteiger partial charge in [-0.05, 0) is 99.7 Å². The summed E-state index contributed by atoms with van der Waals surface area (Å²) in [6.07, 6.45) is 9.29. The lowest BCUT2D eigenvalue weighted by atomic mass is 9.90. The van der Waals surface area contributed by atoms with E-state index in [1.807, 2.05) is 34.1 Å². The minimum Gasteiger partial charge on any atom is -0.374 e. The Hall–Kier alpha value is -5.49. The van der Waals surface area contributed by atoms with Gasteiger partial charge in [-0.1, -0.05) is 13.0 Å². The van der Waals surface area contributed by atoms with Gasteiger partial charge in [0.05, 0.1) is 32.7 Å². The topological polar surface area (TPSA) is 187 Å². The van der Waals surface area contributed by atoms with Crippen molar-refractivity contribution < 1.29 is 32.0 Å². The van der Waals surface area contributed by atoms with E-state index in [2.05, 4.69) is 30.2 Å². The summed E-state index contributed by atoms with van der Waals surface area (Å²) in [4.78, 5) is 71.1. The first-order chi connectivity index (χ1) is 30.4. The molecule has 63 heavy (non-hydrogen) atoms. The Labute approximate surface area is 371 Å². The highest BCUT2D eigenvalue weighted by molar-refractivity contribution is 7.92. The van der Waals surface area contributed by atoms with Crippen LogP contribution in [0, 0.1) is 17.7 Å². The van der Waals surface area contributed by atoms with Gasteiger partial charge in [-0.25, -0.2) is 27.8 Å². The number of carbonyl (C=O) groups excluding carboxylic acids is 4. The number of sulfonamides is 1. The molecule has 2 aromatic heterocycles. The summed E-state index contributed by atoms with van der Waals surface area (Å²) in [7, 11) is -3.72. The summed E-state index contributed by atoms with van der Waals surface area (Å²) < 4.78 is 43.4. The molecule has 3 N–H and O–H groups in total. The fraction of sp³-hybridized carbons (Fsp3) is 0.489. The molecule has 0 radical (unpaired) electrons. The number of carbonyl (C=O) groups is 4. The van der Waals surface area contributed by atoms with Crippen LogP contribution in [0.2, 0.25) is 0 Å². The zero-order valence-corrected chi connectivity index (χ0v) is 37.1. The Bertz CT molecular complexity index is 2390. The summed E-state index contributed by atoms with van der Waals surface area (Å²) in [6.45, 7) is 5.77. The smallest absolute Gasteiger partial charge is 0.249 e. The summed E-state index contributed by atoms with van der Waals surface area (Å²) >= 11 is 1.44. The molecular weight excluding hydrogens is 846 g/mol. The van der Waals surface area contributed by atoms with Crippen molar-refractivity contribution in [2.75, 3.05) is 60.0 Å². The molecule has 18 heteroatoms. The highest BCUT2D eigenvalue weighted by Gasteiger charge is 2.35. The second kappa shape index (κ2) is 19.5. The lowest BCUT2D eigenvalue weighted by Crippen LogP contribution is -2.47. The van der Waals surface area contributed by atoms with E-state index in [4.69, 9.17) is 4.98 Å². The number of aromatic nitrogens is 3. The molecule has 4 saturated heterocycles. The molecule has 4 aromatic rings. The number of nitrogens with zero attached hydrogens (tertiary/aromatic N) is 6. The van der Waals surface area contributed by atoms with Crippen LogP contribution in [0.3, 0.4) is 0 Å². The lowest BCUT2D eigenvalue weighted by Gasteiger charge is -2.38. The second-order valence-corrected chi connectivity index (χ2v) is 19.9. The van der Waals surface area contributed by atoms with Crippen molar-refractivity contribution in [3.8, 4) is 21.8 Å². The first-order valence-corrected chi connectivity index (χ1v) is 24.5. The van der Waals surface area contributed by atoms with E-state index in [0.29, 0.717) is 99.7 Å². The van der Waals surface area contributed by atoms with Crippen LogP contribution < -0.4 is 20.3 Å². The maximum atomic E-state index is 16.0. The molecule has 0 aliphatic carbocycles. The van der Waals surface area contributed by atoms with Crippen LogP contribution in [0.25, 0.3) is 21.8 Å². The van der Waals surface area contributed by atoms with Crippen molar-refractivity contribution in [2.45, 2.75) is 83.1 Å². The summed E-state index contributed by atoms with van der Waals surface area (Å²) in [5.74, 6) is -0.827. The maximum Gasteiger partial charge on any atom is 0.249 e. The minimum atomic E-state index is -3.72. The first kappa shape index (κ1) is 44.1. The number of imide groups is 1. The van der Waals surface area contributed by atoms with Crippen LogP contribution in [0.15, 0.2) is 61.1 Å². The van der Waals surface area contributed by atoms with Crippen molar-refractivity contribution >= 4 is 62.1 Å². The normalized spacial score (nSPS) is 19.5. The van der Waals surface area contributed by atoms with Gasteiger partial charge in [0.2, 0.25) is 33.7 Å². The molecule has 4 aliphatic heterocycles. The van der Waals surface area contributed by atoms with Crippen LogP contribution in [-0.4, -0.2) is 108 Å². The first-order valence-electron chi connectivity index (χ1n) is 22.0. The van der Waals surface area contributed by atoms with Gasteiger partial charge < -0.3 is 20.0 Å². The lowest BCUT2D eigenvalue weighted by molar-refractivity contribution is -0.142. The third-order valence-electron chi connectivity index (χ3n) is 12.7. The molecule has 334 valence electrons. The van der Waals surface area contributed by atoms with Crippen molar-refractivity contribution in [3.63, 3.8) is 0 Å². The van der Waals surface area contributed by atoms with E-state index in [9.17, 15) is 27.6 Å². The number of nitrogens with one attached hydrogen (secondary N) is 3. The number of amides is 4. The highest BCUT2D eigenvalue weighted by Crippen LogP contribution is 2.43. The molecule has 0 bridgehead atoms. The maximum absolute atomic E-state index is 16.0. The monoisotopic (exact) mass is 899 g/mol. The average molecular weight is 900 g/mol. The molecule has 4 aliphatic rings. The molecule has 8 rings (SSSR count). The Morgan fingerprint density at radius 2 is 1.63 bits per heavy atom. The van der Waals surface area contributed by atoms with E-state index in [-0.39, 0.29) is 52.5 Å². The predicted octanol–water partition coefficient (Wildman–Crippen LogP) is 6.03. The molecule has 4 amide bonds. The zero-order valence-electron chi connectivity index (χ0n) is 35.4. The van der Waals surface area contributed by atoms with Crippen molar-refractivity contribution in [1.82, 2.24) is 30.1 Å². The fourth-order valence-corrected chi connectivity index (χ4v) is 11.5. The van der Waals surface area contributed by atoms with Crippen LogP contribution in [0.5, 0.6) is 0 Å². The Morgan fingerprint density at radius 1 is 0.905 bits per heavy atom. The van der Waals surface area contributed by atoms with Gasteiger partial charge in [0.25, 0.3) is 0 Å². The Balaban J connectivity index is 0.804. The number of rotatable bonds is 13. The van der Waals surface area contributed by atoms with Crippen molar-refractivity contribution in [1.29, 1.82) is 0 Å². The van der Waals surface area contributed by atoms with Gasteiger partial charge in [-0.15, -0.1) is 11.3 Å². The number of benzene rings is 2. The molecule has 6 heterocycles. The van der Waals surface area contributed by atoms with Gasteiger partial charge >= 0.3 is 0 Å². The highest BCUT2D eigenvalue weighted by atomic mass is 32.2. The molecule has 0 spiro atoms. The van der Waals surface area contributed by atoms with Crippen LogP contribution >= 0.6 is 11.3 Å². The zero-order chi connectivity index (χ0) is 44.1. The summed E-state index contributed by atoms with van der Waals surface area (Å²) in [5, 5.41) is 6.41. The standard InChI is InChI=1S/C45H54FN9O6S2/c1-2-26-63(60,61)52-35-5-3-4-34(40(35)46)41-42(36-12-19-47-28-48-36)62-44(51-41)30-15-24-55(25-16-30)45(59)31-17-22-54(23-18-31)39(57)27-29-13-20-53(21-14-29)33-8-6-32(7-9-33)49-37-10-11-38(56)50-43(37)58/h3-9,12,19,28-31,37,49,52H,2,10-11,13-18,20-27H2,1H3,(H,50,56,58)/t37-/m1/s1. The van der Waals surface area contributed by atoms with Crippen molar-refractivity contribution in [2.24, 2.45) is 11.8 Å². The largest absolute Gasteiger partial charge is 0.374 e. The number of likely N-dealkylation sites (tertiary alicyclic amines) is 2. The van der Waals surface area contributed by atoms with E-state index >= 15 is 4.39 Å². The molecule has 0 unspecified atom stereocenters. The van der Waals surface area contributed by atoms with Crippen LogP contribution in [0.1, 0.15) is 82.1 Å². The van der Waals surface area contributed by atoms with Gasteiger partial charge in [-0.3, -0.25) is 29.2 Å². The quantitative estimate of drug-likeness (QED) is 0.133. The van der Waals surface area contributed by atoms with E-state index in [1.165, 1.54) is 23.7 Å². The summed E-state index contributed by atoms with van der Waals surface area (Å²) in [6, 6.07) is 13.9. The van der Waals surface area contributed by atoms with E-state index in [1.54, 1.807) is 31.3 Å². The SMILES string of the molecule is CCCS(=O)(=O)Nc1cccc(-c2nc(C3CCN(C(=O)C4CCN(C(=O)CC5CCN(c6ccc(N[C@@H]7CCC(=O)NC7=O)cc6)CC5)CC4)CC3)sc2-c2ccncn2)c1F. The van der Waals surface area contributed by atoms with Crippen LogP contribution in [0.4, 0.5) is 21.5 Å². The molecule has 4 fully saturated rings. The Morgan fingerprint density at radius 3 is 2.32 bits per heavy atom. The van der Waals surface area contributed by atoms with Crippen LogP contribution in [-0.2, 0) is 29.2 Å². The number of hydrogen-bond acceptors (Lipinski definition) is 12. The number of halogens is 1. The number of anilines is 3. The fourth-order valence-electron chi connectivity index (χ4n) is 9.13. The summed E-state index contributed by atoms with van der Waals surface area (Å²) in [5.41, 5.74) is 2.95.